The summed E-state index contributed by atoms with van der Waals surface area (Å²) in [4.78, 5) is 2.73. The Morgan fingerprint density at radius 1 is 1.07 bits per heavy atom. The average molecular weight is 195 g/mol. The maximum Gasteiger partial charge on any atom is 0.0936 e. The Labute approximate surface area is 86.6 Å². The van der Waals surface area contributed by atoms with E-state index in [4.69, 9.17) is 4.74 Å². The van der Waals surface area contributed by atoms with Crippen LogP contribution in [0.4, 0.5) is 0 Å². The molecule has 0 amide bonds. The number of hydrogen-bond donors (Lipinski definition) is 0. The third-order valence-electron chi connectivity index (χ3n) is 4.20. The highest BCUT2D eigenvalue weighted by atomic mass is 16.6. The Morgan fingerprint density at radius 2 is 1.86 bits per heavy atom. The van der Waals surface area contributed by atoms with Gasteiger partial charge in [-0.3, -0.25) is 4.90 Å². The highest BCUT2D eigenvalue weighted by Crippen LogP contribution is 2.35. The molecule has 3 rings (SSSR count). The second-order valence-corrected chi connectivity index (χ2v) is 5.20. The van der Waals surface area contributed by atoms with Crippen molar-refractivity contribution in [3.8, 4) is 0 Å². The minimum absolute atomic E-state index is 0.593. The van der Waals surface area contributed by atoms with Crippen LogP contribution in [-0.4, -0.2) is 36.7 Å². The number of fused-ring (bicyclic) bond motifs is 1. The van der Waals surface area contributed by atoms with E-state index in [0.717, 1.165) is 18.6 Å². The normalized spacial score (nSPS) is 43.3. The van der Waals surface area contributed by atoms with Gasteiger partial charge < -0.3 is 4.74 Å². The number of piperidine rings is 1. The molecule has 0 aromatic carbocycles. The molecule has 1 aliphatic carbocycles. The minimum atomic E-state index is 0.593. The molecular weight excluding hydrogens is 174 g/mol. The predicted molar refractivity (Wildman–Crippen MR) is 56.3 cm³/mol. The molecule has 2 nitrogen and oxygen atoms in total. The molecule has 3 fully saturated rings. The van der Waals surface area contributed by atoms with Crippen molar-refractivity contribution >= 4 is 0 Å². The molecule has 0 bridgehead atoms. The Hall–Kier alpha value is -0.0800. The molecule has 14 heavy (non-hydrogen) atoms. The average Bonchev–Trinajstić information content (AvgIpc) is 3.03. The fourth-order valence-corrected chi connectivity index (χ4v) is 3.39. The fourth-order valence-electron chi connectivity index (χ4n) is 3.39. The zero-order valence-electron chi connectivity index (χ0n) is 8.95. The van der Waals surface area contributed by atoms with Crippen molar-refractivity contribution in [2.24, 2.45) is 5.92 Å². The Kier molecular flexibility index (Phi) is 2.50. The maximum absolute atomic E-state index is 5.35. The van der Waals surface area contributed by atoms with Crippen LogP contribution in [0.2, 0.25) is 0 Å². The highest BCUT2D eigenvalue weighted by molar-refractivity contribution is 4.89. The molecule has 3 aliphatic rings. The van der Waals surface area contributed by atoms with Crippen molar-refractivity contribution in [2.45, 2.75) is 50.7 Å². The summed E-state index contributed by atoms with van der Waals surface area (Å²) in [6, 6.07) is 0.918. The van der Waals surface area contributed by atoms with Gasteiger partial charge in [-0.25, -0.2) is 0 Å². The first-order valence-corrected chi connectivity index (χ1v) is 6.29. The van der Waals surface area contributed by atoms with E-state index < -0.39 is 0 Å². The van der Waals surface area contributed by atoms with E-state index in [0.29, 0.717) is 6.10 Å². The zero-order valence-corrected chi connectivity index (χ0v) is 8.95. The quantitative estimate of drug-likeness (QED) is 0.627. The van der Waals surface area contributed by atoms with Crippen molar-refractivity contribution in [2.75, 3.05) is 19.7 Å². The Morgan fingerprint density at radius 3 is 2.71 bits per heavy atom. The molecule has 2 heteroatoms. The zero-order chi connectivity index (χ0) is 9.38. The van der Waals surface area contributed by atoms with E-state index >= 15 is 0 Å². The van der Waals surface area contributed by atoms with Crippen molar-refractivity contribution in [1.29, 1.82) is 0 Å². The van der Waals surface area contributed by atoms with Gasteiger partial charge in [-0.05, 0) is 38.1 Å². The molecule has 0 N–H and O–H groups in total. The summed E-state index contributed by atoms with van der Waals surface area (Å²) < 4.78 is 5.35. The van der Waals surface area contributed by atoms with Crippen LogP contribution in [0.1, 0.15) is 38.5 Å². The van der Waals surface area contributed by atoms with Crippen LogP contribution in [0.3, 0.4) is 0 Å². The third kappa shape index (κ3) is 1.82. The maximum atomic E-state index is 5.35. The van der Waals surface area contributed by atoms with E-state index in [2.05, 4.69) is 4.90 Å². The van der Waals surface area contributed by atoms with Gasteiger partial charge in [0.2, 0.25) is 0 Å². The van der Waals surface area contributed by atoms with E-state index in [1.54, 1.807) is 0 Å². The number of nitrogens with zero attached hydrogens (tertiary/aromatic N) is 1. The van der Waals surface area contributed by atoms with Crippen molar-refractivity contribution < 1.29 is 4.74 Å². The lowest BCUT2D eigenvalue weighted by molar-refractivity contribution is 0.0553. The standard InChI is InChI=1S/C12H21NO/c1-2-6-12-10(4-1)5-3-7-13(12)8-11-9-14-11/h10-12H,1-9H2/t10-,11+,12-/m0/s1. The Balaban J connectivity index is 1.63. The summed E-state index contributed by atoms with van der Waals surface area (Å²) in [6.07, 6.45) is 9.40. The first-order valence-electron chi connectivity index (χ1n) is 6.29. The highest BCUT2D eigenvalue weighted by Gasteiger charge is 2.36. The fraction of sp³-hybridized carbons (Fsp3) is 1.00. The van der Waals surface area contributed by atoms with Crippen LogP contribution in [0.5, 0.6) is 0 Å². The van der Waals surface area contributed by atoms with Crippen LogP contribution >= 0.6 is 0 Å². The molecule has 0 spiro atoms. The lowest BCUT2D eigenvalue weighted by atomic mass is 9.78. The molecule has 0 aromatic heterocycles. The molecule has 0 aromatic rings. The van der Waals surface area contributed by atoms with Gasteiger partial charge in [0, 0.05) is 12.6 Å². The van der Waals surface area contributed by atoms with Gasteiger partial charge in [0.25, 0.3) is 0 Å². The molecule has 3 atom stereocenters. The first kappa shape index (κ1) is 9.17. The summed E-state index contributed by atoms with van der Waals surface area (Å²) in [6.45, 7) is 3.58. The monoisotopic (exact) mass is 195 g/mol. The van der Waals surface area contributed by atoms with Crippen molar-refractivity contribution in [3.05, 3.63) is 0 Å². The molecule has 0 unspecified atom stereocenters. The van der Waals surface area contributed by atoms with E-state index in [-0.39, 0.29) is 0 Å². The van der Waals surface area contributed by atoms with Gasteiger partial charge in [-0.2, -0.15) is 0 Å². The molecular formula is C12H21NO. The van der Waals surface area contributed by atoms with Crippen molar-refractivity contribution in [3.63, 3.8) is 0 Å². The summed E-state index contributed by atoms with van der Waals surface area (Å²) in [5.41, 5.74) is 0. The van der Waals surface area contributed by atoms with Gasteiger partial charge in [0.15, 0.2) is 0 Å². The largest absolute Gasteiger partial charge is 0.372 e. The number of epoxide rings is 1. The molecule has 2 saturated heterocycles. The minimum Gasteiger partial charge on any atom is -0.372 e. The van der Waals surface area contributed by atoms with Gasteiger partial charge in [0.1, 0.15) is 0 Å². The molecule has 80 valence electrons. The lowest BCUT2D eigenvalue weighted by Gasteiger charge is -2.44. The second kappa shape index (κ2) is 3.82. The number of rotatable bonds is 2. The van der Waals surface area contributed by atoms with Gasteiger partial charge in [0.05, 0.1) is 12.7 Å². The number of likely N-dealkylation sites (tertiary alicyclic amines) is 1. The van der Waals surface area contributed by atoms with Crippen LogP contribution in [0.25, 0.3) is 0 Å². The topological polar surface area (TPSA) is 15.8 Å². The van der Waals surface area contributed by atoms with Crippen LogP contribution in [0.15, 0.2) is 0 Å². The van der Waals surface area contributed by atoms with Gasteiger partial charge in [-0.1, -0.05) is 12.8 Å². The van der Waals surface area contributed by atoms with Crippen LogP contribution < -0.4 is 0 Å². The van der Waals surface area contributed by atoms with Crippen molar-refractivity contribution in [1.82, 2.24) is 4.90 Å². The number of ether oxygens (including phenoxy) is 1. The summed E-state index contributed by atoms with van der Waals surface area (Å²) in [5, 5.41) is 0. The summed E-state index contributed by atoms with van der Waals surface area (Å²) >= 11 is 0. The van der Waals surface area contributed by atoms with E-state index in [1.165, 1.54) is 51.6 Å². The Bertz CT molecular complexity index is 200. The van der Waals surface area contributed by atoms with Gasteiger partial charge in [-0.15, -0.1) is 0 Å². The number of hydrogen-bond acceptors (Lipinski definition) is 2. The molecule has 2 aliphatic heterocycles. The molecule has 2 heterocycles. The van der Waals surface area contributed by atoms with Crippen LogP contribution in [-0.2, 0) is 4.74 Å². The molecule has 0 radical (unpaired) electrons. The van der Waals surface area contributed by atoms with E-state index in [1.807, 2.05) is 0 Å². The molecule has 1 saturated carbocycles. The van der Waals surface area contributed by atoms with Crippen LogP contribution in [0, 0.1) is 5.92 Å². The lowest BCUT2D eigenvalue weighted by Crippen LogP contribution is -2.48. The summed E-state index contributed by atoms with van der Waals surface area (Å²) in [5.74, 6) is 1.02. The third-order valence-corrected chi connectivity index (χ3v) is 4.20. The SMILES string of the molecule is C1CC[C@H]2[C@@H](C1)CCCN2C[C@@H]1CO1. The first-order chi connectivity index (χ1) is 6.93. The van der Waals surface area contributed by atoms with Gasteiger partial charge >= 0.3 is 0 Å². The summed E-state index contributed by atoms with van der Waals surface area (Å²) in [7, 11) is 0. The second-order valence-electron chi connectivity index (χ2n) is 5.20. The predicted octanol–water partition coefficient (Wildman–Crippen LogP) is 2.04. The van der Waals surface area contributed by atoms with E-state index in [9.17, 15) is 0 Å². The smallest absolute Gasteiger partial charge is 0.0936 e.